The number of nitrogens with zero attached hydrogens (tertiary/aromatic N) is 5. The minimum atomic E-state index is -0.610. The van der Waals surface area contributed by atoms with Gasteiger partial charge in [-0.1, -0.05) is 6.07 Å². The van der Waals surface area contributed by atoms with Crippen molar-refractivity contribution in [2.24, 2.45) is 0 Å². The van der Waals surface area contributed by atoms with Gasteiger partial charge in [0.1, 0.15) is 30.2 Å². The van der Waals surface area contributed by atoms with Gasteiger partial charge in [-0.2, -0.15) is 0 Å². The molecule has 0 saturated carbocycles. The number of oxazole rings is 1. The molecule has 3 aromatic rings. The highest BCUT2D eigenvalue weighted by Gasteiger charge is 2.22. The highest BCUT2D eigenvalue weighted by atomic mass is 16.5. The number of nitrogens with one attached hydrogen (secondary N) is 1. The number of hydrogen-bond donors (Lipinski definition) is 2. The minimum Gasteiger partial charge on any atom is -0.486 e. The number of Topliss-reactive ketones (excluding diaryl/α,β-unsaturated/α-hetero) is 1. The Morgan fingerprint density at radius 3 is 2.80 bits per heavy atom. The van der Waals surface area contributed by atoms with Crippen molar-refractivity contribution in [2.75, 3.05) is 31.5 Å². The van der Waals surface area contributed by atoms with Crippen molar-refractivity contribution >= 4 is 17.5 Å². The van der Waals surface area contributed by atoms with E-state index in [1.54, 1.807) is 19.2 Å². The Hall–Kier alpha value is -3.83. The lowest BCUT2D eigenvalue weighted by Gasteiger charge is -2.31. The highest BCUT2D eigenvalue weighted by Crippen LogP contribution is 2.25. The number of ether oxygens (including phenoxy) is 1. The van der Waals surface area contributed by atoms with Crippen molar-refractivity contribution in [3.63, 3.8) is 0 Å². The van der Waals surface area contributed by atoms with Crippen molar-refractivity contribution in [2.45, 2.75) is 64.3 Å². The van der Waals surface area contributed by atoms with Crippen LogP contribution in [0.5, 0.6) is 5.75 Å². The number of ketones is 1. The summed E-state index contributed by atoms with van der Waals surface area (Å²) in [5, 5.41) is 14.0. The molecule has 40 heavy (non-hydrogen) atoms. The number of piperidine rings is 1. The Morgan fingerprint density at radius 1 is 1.18 bits per heavy atom. The maximum Gasteiger partial charge on any atom is 0.219 e. The van der Waals surface area contributed by atoms with Crippen LogP contribution in [0.1, 0.15) is 60.0 Å². The average Bonchev–Trinajstić information content (AvgIpc) is 3.49. The monoisotopic (exact) mass is 548 g/mol. The van der Waals surface area contributed by atoms with Crippen LogP contribution in [-0.4, -0.2) is 79.9 Å². The number of amides is 1. The molecule has 11 nitrogen and oxygen atoms in total. The fourth-order valence-electron chi connectivity index (χ4n) is 5.25. The van der Waals surface area contributed by atoms with E-state index in [0.29, 0.717) is 49.9 Å². The number of hydrogen-bond acceptors (Lipinski definition) is 10. The molecule has 1 fully saturated rings. The Morgan fingerprint density at radius 2 is 2.02 bits per heavy atom. The maximum absolute atomic E-state index is 12.8. The summed E-state index contributed by atoms with van der Waals surface area (Å²) in [5.41, 5.74) is 2.81. The summed E-state index contributed by atoms with van der Waals surface area (Å²) in [7, 11) is 0. The van der Waals surface area contributed by atoms with Gasteiger partial charge in [0.2, 0.25) is 5.91 Å². The number of benzene rings is 1. The lowest BCUT2D eigenvalue weighted by molar-refractivity contribution is -0.129. The highest BCUT2D eigenvalue weighted by molar-refractivity contribution is 5.94. The van der Waals surface area contributed by atoms with Crippen molar-refractivity contribution in [1.82, 2.24) is 24.8 Å². The Labute approximate surface area is 233 Å². The number of likely N-dealkylation sites (tertiary alicyclic amines) is 1. The van der Waals surface area contributed by atoms with Gasteiger partial charge in [0, 0.05) is 58.2 Å². The van der Waals surface area contributed by atoms with Gasteiger partial charge in [-0.15, -0.1) is 0 Å². The molecule has 4 heterocycles. The van der Waals surface area contributed by atoms with E-state index in [-0.39, 0.29) is 24.2 Å². The molecule has 1 aromatic carbocycles. The Balaban J connectivity index is 1.05. The van der Waals surface area contributed by atoms with Gasteiger partial charge >= 0.3 is 0 Å². The first kappa shape index (κ1) is 27.7. The van der Waals surface area contributed by atoms with Crippen LogP contribution >= 0.6 is 0 Å². The van der Waals surface area contributed by atoms with Gasteiger partial charge in [-0.25, -0.2) is 15.0 Å². The molecule has 11 heteroatoms. The fraction of sp³-hybridized carbons (Fsp3) is 0.483. The first-order valence-electron chi connectivity index (χ1n) is 13.8. The van der Waals surface area contributed by atoms with Crippen LogP contribution in [0.15, 0.2) is 47.6 Å². The number of aliphatic hydroxyl groups is 1. The summed E-state index contributed by atoms with van der Waals surface area (Å²) >= 11 is 0. The molecule has 0 bridgehead atoms. The molecule has 1 saturated heterocycles. The molecule has 0 unspecified atom stereocenters. The van der Waals surface area contributed by atoms with E-state index in [1.165, 1.54) is 23.8 Å². The first-order chi connectivity index (χ1) is 19.4. The van der Waals surface area contributed by atoms with Crippen LogP contribution < -0.4 is 10.1 Å². The zero-order valence-electron chi connectivity index (χ0n) is 22.8. The number of carbonyl (C=O) groups excluding carboxylic acids is 2. The summed E-state index contributed by atoms with van der Waals surface area (Å²) in [6.45, 7) is 5.43. The molecule has 2 aromatic heterocycles. The van der Waals surface area contributed by atoms with Gasteiger partial charge in [-0.3, -0.25) is 14.5 Å². The third-order valence-electron chi connectivity index (χ3n) is 7.55. The van der Waals surface area contributed by atoms with Crippen molar-refractivity contribution in [3.8, 4) is 5.75 Å². The standard InChI is InChI=1S/C29H36N6O5/c1-20(36)35-10-7-23(8-11-35)33-29-13-27(31-18-32-29)28(38)5-3-24(37)16-34-9-6-21-12-25(4-2-22(21)15-34)39-17-26-14-30-19-40-26/h2,4,12-14,18-19,23-24,37H,3,5-11,15-17H2,1H3,(H,31,32,33)/t24-/m0/s1. The average molecular weight is 549 g/mol. The number of rotatable bonds is 11. The lowest BCUT2D eigenvalue weighted by Crippen LogP contribution is -2.41. The predicted molar refractivity (Wildman–Crippen MR) is 147 cm³/mol. The quantitative estimate of drug-likeness (QED) is 0.345. The molecule has 0 aliphatic carbocycles. The van der Waals surface area contributed by atoms with Crippen LogP contribution in [0.2, 0.25) is 0 Å². The van der Waals surface area contributed by atoms with Crippen LogP contribution in [0, 0.1) is 0 Å². The molecular formula is C29H36N6O5. The number of carbonyl (C=O) groups is 2. The third kappa shape index (κ3) is 7.42. The topological polar surface area (TPSA) is 134 Å². The van der Waals surface area contributed by atoms with E-state index in [0.717, 1.165) is 38.1 Å². The van der Waals surface area contributed by atoms with Crippen molar-refractivity contribution in [1.29, 1.82) is 0 Å². The van der Waals surface area contributed by atoms with Crippen molar-refractivity contribution < 1.29 is 23.8 Å². The number of fused-ring (bicyclic) bond motifs is 1. The molecular weight excluding hydrogens is 512 g/mol. The SMILES string of the molecule is CC(=O)N1CCC(Nc2cc(C(=O)CC[C@H](O)CN3CCc4cc(OCc5cnco5)ccc4C3)ncn2)CC1. The first-order valence-corrected chi connectivity index (χ1v) is 13.8. The molecule has 5 rings (SSSR count). The van der Waals surface area contributed by atoms with E-state index >= 15 is 0 Å². The van der Waals surface area contributed by atoms with E-state index in [4.69, 9.17) is 9.15 Å². The third-order valence-corrected chi connectivity index (χ3v) is 7.55. The fourth-order valence-corrected chi connectivity index (χ4v) is 5.25. The zero-order chi connectivity index (χ0) is 27.9. The van der Waals surface area contributed by atoms with Gasteiger partial charge in [0.05, 0.1) is 12.3 Å². The Kier molecular flexibility index (Phi) is 9.02. The minimum absolute atomic E-state index is 0.0977. The Bertz CT molecular complexity index is 1290. The van der Waals surface area contributed by atoms with Crippen LogP contribution in [0.3, 0.4) is 0 Å². The van der Waals surface area contributed by atoms with E-state index < -0.39 is 6.10 Å². The molecule has 2 aliphatic rings. The molecule has 212 valence electrons. The summed E-state index contributed by atoms with van der Waals surface area (Å²) in [4.78, 5) is 40.7. The lowest BCUT2D eigenvalue weighted by atomic mass is 9.98. The smallest absolute Gasteiger partial charge is 0.219 e. The molecule has 0 spiro atoms. The number of aliphatic hydroxyl groups excluding tert-OH is 1. The number of β-amino-alcohol motifs (C(OH)–C–C–N with tert-alkyl or cyclic N) is 1. The predicted octanol–water partition coefficient (Wildman–Crippen LogP) is 2.85. The number of aromatic nitrogens is 3. The van der Waals surface area contributed by atoms with Gasteiger partial charge in [0.25, 0.3) is 0 Å². The summed E-state index contributed by atoms with van der Waals surface area (Å²) < 4.78 is 11.0. The molecule has 1 amide bonds. The maximum atomic E-state index is 12.8. The van der Waals surface area contributed by atoms with Gasteiger partial charge < -0.3 is 24.5 Å². The van der Waals surface area contributed by atoms with E-state index in [9.17, 15) is 14.7 Å². The molecule has 0 radical (unpaired) electrons. The molecule has 2 aliphatic heterocycles. The van der Waals surface area contributed by atoms with Gasteiger partial charge in [-0.05, 0) is 48.9 Å². The van der Waals surface area contributed by atoms with Gasteiger partial charge in [0.15, 0.2) is 17.9 Å². The van der Waals surface area contributed by atoms with Crippen LogP contribution in [0.25, 0.3) is 0 Å². The summed E-state index contributed by atoms with van der Waals surface area (Å²) in [6.07, 6.45) is 6.92. The van der Waals surface area contributed by atoms with E-state index in [1.807, 2.05) is 11.0 Å². The second-order valence-corrected chi connectivity index (χ2v) is 10.5. The zero-order valence-corrected chi connectivity index (χ0v) is 22.8. The molecule has 2 N–H and O–H groups in total. The summed E-state index contributed by atoms with van der Waals surface area (Å²) in [6, 6.07) is 7.96. The van der Waals surface area contributed by atoms with Crippen LogP contribution in [-0.2, 0) is 24.4 Å². The van der Waals surface area contributed by atoms with Crippen molar-refractivity contribution in [3.05, 3.63) is 65.8 Å². The van der Waals surface area contributed by atoms with Crippen LogP contribution in [0.4, 0.5) is 5.82 Å². The summed E-state index contributed by atoms with van der Waals surface area (Å²) in [5.74, 6) is 2.07. The normalized spacial score (nSPS) is 16.8. The second kappa shape index (κ2) is 13.0. The molecule has 1 atom stereocenters. The number of anilines is 1. The van der Waals surface area contributed by atoms with E-state index in [2.05, 4.69) is 37.3 Å². The largest absolute Gasteiger partial charge is 0.486 e. The second-order valence-electron chi connectivity index (χ2n) is 10.5.